The number of rotatable bonds is 6. The average Bonchev–Trinajstić information content (AvgIpc) is 2.74. The number of aliphatic hydroxyl groups is 1. The van der Waals surface area contributed by atoms with Crippen LogP contribution in [0, 0.1) is 17.3 Å². The Labute approximate surface area is 203 Å². The van der Waals surface area contributed by atoms with Crippen LogP contribution in [0.5, 0.6) is 5.75 Å². The van der Waals surface area contributed by atoms with Crippen LogP contribution in [-0.4, -0.2) is 23.7 Å². The highest BCUT2D eigenvalue weighted by Gasteiger charge is 2.47. The zero-order chi connectivity index (χ0) is 24.3. The molecule has 2 aromatic rings. The van der Waals surface area contributed by atoms with Crippen molar-refractivity contribution in [3.8, 4) is 5.75 Å². The number of fused-ring (bicyclic) bond motifs is 1. The smallest absolute Gasteiger partial charge is 0.386 e. The molecule has 6 nitrogen and oxygen atoms in total. The van der Waals surface area contributed by atoms with E-state index in [4.69, 9.17) is 37.7 Å². The van der Waals surface area contributed by atoms with E-state index in [1.165, 1.54) is 36.4 Å². The lowest BCUT2D eigenvalue weighted by Gasteiger charge is -2.45. The van der Waals surface area contributed by atoms with E-state index in [0.717, 1.165) is 0 Å². The predicted octanol–water partition coefficient (Wildman–Crippen LogP) is 6.43. The maximum atomic E-state index is 12.9. The number of carbonyl (C=O) groups is 2. The van der Waals surface area contributed by atoms with Gasteiger partial charge in [-0.25, -0.2) is 19.4 Å². The lowest BCUT2D eigenvalue weighted by molar-refractivity contribution is -0.187. The van der Waals surface area contributed by atoms with Gasteiger partial charge in [0.2, 0.25) is 0 Å². The van der Waals surface area contributed by atoms with Crippen LogP contribution in [-0.2, 0) is 9.78 Å². The van der Waals surface area contributed by atoms with Gasteiger partial charge in [0.1, 0.15) is 5.75 Å². The molecule has 0 aliphatic carbocycles. The minimum Gasteiger partial charge on any atom is -0.491 e. The van der Waals surface area contributed by atoms with Crippen LogP contribution in [0.15, 0.2) is 36.4 Å². The van der Waals surface area contributed by atoms with Gasteiger partial charge in [-0.1, -0.05) is 50.9 Å². The molecule has 3 rings (SSSR count). The summed E-state index contributed by atoms with van der Waals surface area (Å²) < 4.78 is 6.02. The summed E-state index contributed by atoms with van der Waals surface area (Å²) in [5.41, 5.74) is -0.152. The molecule has 0 bridgehead atoms. The molecule has 1 heterocycles. The Kier molecular flexibility index (Phi) is 7.93. The molecule has 2 aromatic carbocycles. The molecule has 0 saturated carbocycles. The summed E-state index contributed by atoms with van der Waals surface area (Å²) in [6.07, 6.45) is 0.371. The van der Waals surface area contributed by atoms with Gasteiger partial charge in [0.25, 0.3) is 0 Å². The molecule has 0 aromatic heterocycles. The fraction of sp³-hybridized carbons (Fsp3) is 0.440. The summed E-state index contributed by atoms with van der Waals surface area (Å²) in [4.78, 5) is 34.7. The van der Waals surface area contributed by atoms with Crippen molar-refractivity contribution in [3.63, 3.8) is 0 Å². The van der Waals surface area contributed by atoms with Crippen LogP contribution in [0.25, 0.3) is 0 Å². The highest BCUT2D eigenvalue weighted by molar-refractivity contribution is 6.32. The lowest BCUT2D eigenvalue weighted by atomic mass is 9.67. The normalized spacial score (nSPS) is 16.8. The minimum atomic E-state index is -1.01. The second-order valence-corrected chi connectivity index (χ2v) is 10.2. The van der Waals surface area contributed by atoms with E-state index in [9.17, 15) is 14.7 Å². The number of hydrogen-bond acceptors (Lipinski definition) is 6. The van der Waals surface area contributed by atoms with Crippen molar-refractivity contribution in [2.75, 3.05) is 6.61 Å². The second-order valence-electron chi connectivity index (χ2n) is 9.34. The molecule has 1 atom stereocenters. The lowest BCUT2D eigenvalue weighted by Crippen LogP contribution is -2.42. The van der Waals surface area contributed by atoms with Crippen molar-refractivity contribution in [1.29, 1.82) is 0 Å². The summed E-state index contributed by atoms with van der Waals surface area (Å²) in [7, 11) is 0. The summed E-state index contributed by atoms with van der Waals surface area (Å²) in [5.74, 6) is -0.964. The molecule has 33 heavy (non-hydrogen) atoms. The number of benzene rings is 2. The molecular weight excluding hydrogens is 467 g/mol. The van der Waals surface area contributed by atoms with Gasteiger partial charge in [-0.2, -0.15) is 0 Å². The SMILES string of the molecule is CC(C)CC1(CC(C)C)COc2c(Cl)ccc(C(=O)OOC(=O)c3ccc(Cl)cc3)c2C1O. The van der Waals surface area contributed by atoms with E-state index in [1.54, 1.807) is 0 Å². The van der Waals surface area contributed by atoms with E-state index in [-0.39, 0.29) is 34.1 Å². The standard InChI is InChI=1S/C25H28Cl2O6/c1-14(2)11-25(12-15(3)4)13-31-21-19(27)10-9-18(20(21)22(25)28)24(30)33-32-23(29)16-5-7-17(26)8-6-16/h5-10,14-15,22,28H,11-13H2,1-4H3. The monoisotopic (exact) mass is 494 g/mol. The van der Waals surface area contributed by atoms with E-state index in [1.807, 2.05) is 0 Å². The quantitative estimate of drug-likeness (QED) is 0.368. The van der Waals surface area contributed by atoms with Gasteiger partial charge in [-0.05, 0) is 61.1 Å². The molecule has 1 N–H and O–H groups in total. The van der Waals surface area contributed by atoms with Crippen LogP contribution >= 0.6 is 23.2 Å². The highest BCUT2D eigenvalue weighted by atomic mass is 35.5. The van der Waals surface area contributed by atoms with Crippen LogP contribution in [0.3, 0.4) is 0 Å². The van der Waals surface area contributed by atoms with Gasteiger partial charge < -0.3 is 9.84 Å². The van der Waals surface area contributed by atoms with Gasteiger partial charge >= 0.3 is 11.9 Å². The molecule has 0 amide bonds. The number of halogens is 2. The number of aliphatic hydroxyl groups excluding tert-OH is 1. The highest BCUT2D eigenvalue weighted by Crippen LogP contribution is 2.53. The van der Waals surface area contributed by atoms with Crippen molar-refractivity contribution in [3.05, 3.63) is 63.1 Å². The Bertz CT molecular complexity index is 1010. The first-order valence-electron chi connectivity index (χ1n) is 10.9. The zero-order valence-electron chi connectivity index (χ0n) is 19.1. The van der Waals surface area contributed by atoms with Gasteiger partial charge in [0.05, 0.1) is 28.9 Å². The van der Waals surface area contributed by atoms with Gasteiger partial charge in [0.15, 0.2) is 0 Å². The van der Waals surface area contributed by atoms with Gasteiger partial charge in [-0.15, -0.1) is 0 Å². The van der Waals surface area contributed by atoms with E-state index < -0.39 is 23.5 Å². The minimum absolute atomic E-state index is 0.0300. The molecule has 178 valence electrons. The van der Waals surface area contributed by atoms with Crippen molar-refractivity contribution in [1.82, 2.24) is 0 Å². The number of hydrogen-bond donors (Lipinski definition) is 1. The molecule has 0 radical (unpaired) electrons. The number of ether oxygens (including phenoxy) is 1. The summed E-state index contributed by atoms with van der Waals surface area (Å²) in [6, 6.07) is 8.87. The van der Waals surface area contributed by atoms with Crippen molar-refractivity contribution in [2.45, 2.75) is 46.6 Å². The molecule has 8 heteroatoms. The Balaban J connectivity index is 1.90. The largest absolute Gasteiger partial charge is 0.491 e. The maximum absolute atomic E-state index is 12.9. The van der Waals surface area contributed by atoms with Crippen LogP contribution < -0.4 is 4.74 Å². The van der Waals surface area contributed by atoms with Crippen molar-refractivity contribution in [2.24, 2.45) is 17.3 Å². The van der Waals surface area contributed by atoms with Crippen molar-refractivity contribution < 1.29 is 29.2 Å². The maximum Gasteiger partial charge on any atom is 0.386 e. The molecule has 1 unspecified atom stereocenters. The van der Waals surface area contributed by atoms with Crippen LogP contribution in [0.1, 0.15) is 72.9 Å². The predicted molar refractivity (Wildman–Crippen MR) is 126 cm³/mol. The van der Waals surface area contributed by atoms with Crippen LogP contribution in [0.4, 0.5) is 0 Å². The molecule has 1 aliphatic heterocycles. The zero-order valence-corrected chi connectivity index (χ0v) is 20.6. The topological polar surface area (TPSA) is 82.1 Å². The van der Waals surface area contributed by atoms with Gasteiger partial charge in [-0.3, -0.25) is 0 Å². The molecule has 0 fully saturated rings. The van der Waals surface area contributed by atoms with Gasteiger partial charge in [0, 0.05) is 16.0 Å². The van der Waals surface area contributed by atoms with Crippen LogP contribution in [0.2, 0.25) is 10.0 Å². The summed E-state index contributed by atoms with van der Waals surface area (Å²) in [5, 5.41) is 12.3. The first-order valence-corrected chi connectivity index (χ1v) is 11.6. The Morgan fingerprint density at radius 2 is 1.58 bits per heavy atom. The second kappa shape index (κ2) is 10.3. The third-order valence-electron chi connectivity index (χ3n) is 5.63. The van der Waals surface area contributed by atoms with E-state index in [0.29, 0.717) is 29.7 Å². The number of carbonyl (C=O) groups excluding carboxylic acids is 2. The van der Waals surface area contributed by atoms with Crippen molar-refractivity contribution >= 4 is 35.1 Å². The molecule has 0 spiro atoms. The fourth-order valence-electron chi connectivity index (χ4n) is 4.58. The summed E-state index contributed by atoms with van der Waals surface area (Å²) in [6.45, 7) is 8.59. The Hall–Kier alpha value is -2.28. The summed E-state index contributed by atoms with van der Waals surface area (Å²) >= 11 is 12.1. The van der Waals surface area contributed by atoms with E-state index >= 15 is 0 Å². The molecule has 0 saturated heterocycles. The molecule has 1 aliphatic rings. The fourth-order valence-corrected chi connectivity index (χ4v) is 4.92. The first-order chi connectivity index (χ1) is 15.5. The Morgan fingerprint density at radius 1 is 1.00 bits per heavy atom. The average molecular weight is 495 g/mol. The Morgan fingerprint density at radius 3 is 2.15 bits per heavy atom. The third-order valence-corrected chi connectivity index (χ3v) is 6.18. The van der Waals surface area contributed by atoms with E-state index in [2.05, 4.69) is 27.7 Å². The molecular formula is C25H28Cl2O6. The first kappa shape index (κ1) is 25.3. The third kappa shape index (κ3) is 5.62.